The van der Waals surface area contributed by atoms with E-state index in [1.807, 2.05) is 11.8 Å². The van der Waals surface area contributed by atoms with Crippen LogP contribution in [0.3, 0.4) is 0 Å². The van der Waals surface area contributed by atoms with E-state index in [0.29, 0.717) is 6.42 Å². The Balaban J connectivity index is 3.26. The third kappa shape index (κ3) is 6.90. The largest absolute Gasteiger partial charge is 0.468 e. The van der Waals surface area contributed by atoms with Crippen LogP contribution in [0.5, 0.6) is 0 Å². The smallest absolute Gasteiger partial charge is 0.322 e. The minimum absolute atomic E-state index is 0.309. The van der Waals surface area contributed by atoms with Crippen molar-refractivity contribution >= 4 is 17.7 Å². The lowest BCUT2D eigenvalue weighted by molar-refractivity contribution is -0.142. The summed E-state index contributed by atoms with van der Waals surface area (Å²) in [5.41, 5.74) is 5.55. The van der Waals surface area contributed by atoms with Crippen molar-refractivity contribution in [2.75, 3.05) is 18.6 Å². The second kappa shape index (κ2) is 8.38. The zero-order chi connectivity index (χ0) is 10.1. The molecule has 13 heavy (non-hydrogen) atoms. The summed E-state index contributed by atoms with van der Waals surface area (Å²) in [6, 6.07) is -0.445. The lowest BCUT2D eigenvalue weighted by atomic mass is 10.2. The number of rotatable bonds is 7. The highest BCUT2D eigenvalue weighted by molar-refractivity contribution is 7.99. The molecule has 0 aliphatic carbocycles. The van der Waals surface area contributed by atoms with Gasteiger partial charge in [0.2, 0.25) is 0 Å². The number of carbonyl (C=O) groups excluding carboxylic acids is 1. The molecule has 2 N–H and O–H groups in total. The summed E-state index contributed by atoms with van der Waals surface area (Å²) < 4.78 is 4.52. The molecule has 0 rings (SSSR count). The Hall–Kier alpha value is -0.220. The van der Waals surface area contributed by atoms with Crippen molar-refractivity contribution in [1.29, 1.82) is 0 Å². The second-order valence-electron chi connectivity index (χ2n) is 2.88. The summed E-state index contributed by atoms with van der Waals surface area (Å²) in [4.78, 5) is 10.9. The molecule has 0 radical (unpaired) electrons. The molecule has 1 atom stereocenters. The third-order valence-corrected chi connectivity index (χ3v) is 2.82. The zero-order valence-electron chi connectivity index (χ0n) is 8.41. The fourth-order valence-corrected chi connectivity index (χ4v) is 1.95. The van der Waals surface area contributed by atoms with E-state index in [1.165, 1.54) is 20.0 Å². The highest BCUT2D eigenvalue weighted by Gasteiger charge is 2.12. The van der Waals surface area contributed by atoms with Gasteiger partial charge in [0, 0.05) is 0 Å². The topological polar surface area (TPSA) is 52.3 Å². The van der Waals surface area contributed by atoms with Gasteiger partial charge in [0.1, 0.15) is 6.04 Å². The molecule has 0 bridgehead atoms. The van der Waals surface area contributed by atoms with Crippen LogP contribution in [0.2, 0.25) is 0 Å². The highest BCUT2D eigenvalue weighted by Crippen LogP contribution is 2.07. The number of thioether (sulfide) groups is 1. The van der Waals surface area contributed by atoms with E-state index in [4.69, 9.17) is 5.73 Å². The molecule has 4 heteroatoms. The Kier molecular flexibility index (Phi) is 8.24. The molecule has 0 aliphatic heterocycles. The van der Waals surface area contributed by atoms with Crippen LogP contribution >= 0.6 is 11.8 Å². The van der Waals surface area contributed by atoms with E-state index in [0.717, 1.165) is 11.5 Å². The standard InChI is InChI=1S/C9H19NO2S/c1-3-4-6-13-7-5-8(10)9(11)12-2/h8H,3-7,10H2,1-2H3/t8-/m0/s1. The SMILES string of the molecule is CCCCSCC[C@H](N)C(=O)OC. The van der Waals surface area contributed by atoms with E-state index < -0.39 is 6.04 Å². The zero-order valence-corrected chi connectivity index (χ0v) is 9.23. The van der Waals surface area contributed by atoms with Gasteiger partial charge in [-0.05, 0) is 24.3 Å². The Morgan fingerprint density at radius 1 is 1.54 bits per heavy atom. The number of esters is 1. The van der Waals surface area contributed by atoms with Gasteiger partial charge in [-0.1, -0.05) is 13.3 Å². The third-order valence-electron chi connectivity index (χ3n) is 1.72. The van der Waals surface area contributed by atoms with Crippen molar-refractivity contribution in [3.8, 4) is 0 Å². The molecule has 0 amide bonds. The number of hydrogen-bond donors (Lipinski definition) is 1. The lowest BCUT2D eigenvalue weighted by Crippen LogP contribution is -2.32. The van der Waals surface area contributed by atoms with Crippen LogP contribution in [-0.2, 0) is 9.53 Å². The molecule has 0 aliphatic rings. The predicted molar refractivity (Wildman–Crippen MR) is 56.8 cm³/mol. The molecule has 0 heterocycles. The van der Waals surface area contributed by atoms with Gasteiger partial charge < -0.3 is 10.5 Å². The molecule has 0 aromatic carbocycles. The summed E-state index contributed by atoms with van der Waals surface area (Å²) in [7, 11) is 1.37. The number of unbranched alkanes of at least 4 members (excludes halogenated alkanes) is 1. The van der Waals surface area contributed by atoms with E-state index in [9.17, 15) is 4.79 Å². The highest BCUT2D eigenvalue weighted by atomic mass is 32.2. The van der Waals surface area contributed by atoms with Crippen molar-refractivity contribution in [2.24, 2.45) is 5.73 Å². The quantitative estimate of drug-likeness (QED) is 0.504. The molecule has 78 valence electrons. The van der Waals surface area contributed by atoms with Gasteiger partial charge in [0.15, 0.2) is 0 Å². The maximum absolute atomic E-state index is 10.9. The second-order valence-corrected chi connectivity index (χ2v) is 4.11. The van der Waals surface area contributed by atoms with Crippen LogP contribution in [0.1, 0.15) is 26.2 Å². The van der Waals surface area contributed by atoms with Crippen LogP contribution in [-0.4, -0.2) is 30.6 Å². The summed E-state index contributed by atoms with van der Waals surface area (Å²) >= 11 is 1.85. The number of ether oxygens (including phenoxy) is 1. The molecule has 0 unspecified atom stereocenters. The number of methoxy groups -OCH3 is 1. The minimum Gasteiger partial charge on any atom is -0.468 e. The van der Waals surface area contributed by atoms with E-state index >= 15 is 0 Å². The maximum atomic E-state index is 10.9. The Labute approximate surface area is 84.4 Å². The minimum atomic E-state index is -0.445. The summed E-state index contributed by atoms with van der Waals surface area (Å²) in [5.74, 6) is 1.79. The monoisotopic (exact) mass is 205 g/mol. The van der Waals surface area contributed by atoms with Gasteiger partial charge in [0.05, 0.1) is 7.11 Å². The molecular formula is C9H19NO2S. The van der Waals surface area contributed by atoms with Crippen molar-refractivity contribution in [3.05, 3.63) is 0 Å². The first-order chi connectivity index (χ1) is 6.22. The number of nitrogens with two attached hydrogens (primary N) is 1. The molecule has 0 fully saturated rings. The first-order valence-electron chi connectivity index (χ1n) is 4.63. The fourth-order valence-electron chi connectivity index (χ4n) is 0.828. The first kappa shape index (κ1) is 12.8. The van der Waals surface area contributed by atoms with Crippen molar-refractivity contribution in [3.63, 3.8) is 0 Å². The average Bonchev–Trinajstić information content (AvgIpc) is 2.16. The van der Waals surface area contributed by atoms with Crippen molar-refractivity contribution in [1.82, 2.24) is 0 Å². The lowest BCUT2D eigenvalue weighted by Gasteiger charge is -2.07. The molecule has 0 saturated carbocycles. The van der Waals surface area contributed by atoms with E-state index in [2.05, 4.69) is 11.7 Å². The Bertz CT molecular complexity index is 142. The normalized spacial score (nSPS) is 12.5. The number of hydrogen-bond acceptors (Lipinski definition) is 4. The van der Waals surface area contributed by atoms with Crippen LogP contribution in [0.15, 0.2) is 0 Å². The molecule has 0 aromatic heterocycles. The van der Waals surface area contributed by atoms with Crippen LogP contribution in [0.4, 0.5) is 0 Å². The predicted octanol–water partition coefficient (Wildman–Crippen LogP) is 1.41. The Morgan fingerprint density at radius 3 is 2.77 bits per heavy atom. The molecular weight excluding hydrogens is 186 g/mol. The molecule has 0 aromatic rings. The summed E-state index contributed by atoms with van der Waals surface area (Å²) in [6.45, 7) is 2.17. The van der Waals surface area contributed by atoms with Crippen LogP contribution in [0, 0.1) is 0 Å². The Morgan fingerprint density at radius 2 is 2.23 bits per heavy atom. The van der Waals surface area contributed by atoms with Crippen molar-refractivity contribution < 1.29 is 9.53 Å². The van der Waals surface area contributed by atoms with E-state index in [-0.39, 0.29) is 5.97 Å². The number of carbonyl (C=O) groups is 1. The fraction of sp³-hybridized carbons (Fsp3) is 0.889. The van der Waals surface area contributed by atoms with Crippen molar-refractivity contribution in [2.45, 2.75) is 32.2 Å². The average molecular weight is 205 g/mol. The van der Waals surface area contributed by atoms with Crippen LogP contribution in [0.25, 0.3) is 0 Å². The van der Waals surface area contributed by atoms with Gasteiger partial charge in [-0.2, -0.15) is 11.8 Å². The first-order valence-corrected chi connectivity index (χ1v) is 5.79. The van der Waals surface area contributed by atoms with E-state index in [1.54, 1.807) is 0 Å². The molecule has 0 spiro atoms. The van der Waals surface area contributed by atoms with Gasteiger partial charge in [0.25, 0.3) is 0 Å². The van der Waals surface area contributed by atoms with Gasteiger partial charge in [-0.25, -0.2) is 0 Å². The summed E-state index contributed by atoms with van der Waals surface area (Å²) in [5, 5.41) is 0. The maximum Gasteiger partial charge on any atom is 0.322 e. The molecule has 3 nitrogen and oxygen atoms in total. The van der Waals surface area contributed by atoms with Crippen LogP contribution < -0.4 is 5.73 Å². The van der Waals surface area contributed by atoms with Gasteiger partial charge in [-0.15, -0.1) is 0 Å². The van der Waals surface area contributed by atoms with Gasteiger partial charge >= 0.3 is 5.97 Å². The summed E-state index contributed by atoms with van der Waals surface area (Å²) in [6.07, 6.45) is 3.16. The van der Waals surface area contributed by atoms with Gasteiger partial charge in [-0.3, -0.25) is 4.79 Å². The molecule has 0 saturated heterocycles.